The van der Waals surface area contributed by atoms with E-state index in [2.05, 4.69) is 19.2 Å². The molecule has 3 nitrogen and oxygen atoms in total. The van der Waals surface area contributed by atoms with Crippen LogP contribution in [0.15, 0.2) is 0 Å². The Labute approximate surface area is 111 Å². The molecular formula is C15H27NO2. The standard InChI is InChI=1S/C15H27NO2/c1-10(2)6-11(3)18-15(17)9-12-7-13-4-5-14(8-12)16-13/h10-14,16H,4-9H2,1-3H3. The van der Waals surface area contributed by atoms with E-state index in [0.29, 0.717) is 30.3 Å². The van der Waals surface area contributed by atoms with E-state index in [9.17, 15) is 4.79 Å². The molecule has 1 N–H and O–H groups in total. The Morgan fingerprint density at radius 1 is 1.22 bits per heavy atom. The lowest BCUT2D eigenvalue weighted by atomic mass is 9.90. The summed E-state index contributed by atoms with van der Waals surface area (Å²) in [4.78, 5) is 11.9. The number of fused-ring (bicyclic) bond motifs is 2. The Morgan fingerprint density at radius 3 is 2.39 bits per heavy atom. The molecule has 2 heterocycles. The van der Waals surface area contributed by atoms with Gasteiger partial charge in [-0.15, -0.1) is 0 Å². The van der Waals surface area contributed by atoms with Gasteiger partial charge in [0.25, 0.3) is 0 Å². The van der Waals surface area contributed by atoms with E-state index in [1.54, 1.807) is 0 Å². The number of carbonyl (C=O) groups is 1. The molecule has 0 radical (unpaired) electrons. The fourth-order valence-corrected chi connectivity index (χ4v) is 3.56. The van der Waals surface area contributed by atoms with Gasteiger partial charge < -0.3 is 10.1 Å². The van der Waals surface area contributed by atoms with Crippen LogP contribution >= 0.6 is 0 Å². The Hall–Kier alpha value is -0.570. The second-order valence-corrected chi connectivity index (χ2v) is 6.61. The zero-order valence-corrected chi connectivity index (χ0v) is 11.9. The zero-order valence-electron chi connectivity index (χ0n) is 11.9. The summed E-state index contributed by atoms with van der Waals surface area (Å²) in [6.45, 7) is 6.33. The van der Waals surface area contributed by atoms with Crippen molar-refractivity contribution in [3.05, 3.63) is 0 Å². The van der Waals surface area contributed by atoms with Crippen LogP contribution in [0.4, 0.5) is 0 Å². The predicted molar refractivity (Wildman–Crippen MR) is 72.3 cm³/mol. The molecule has 3 heteroatoms. The summed E-state index contributed by atoms with van der Waals surface area (Å²) in [7, 11) is 0. The number of carbonyl (C=O) groups excluding carboxylic acids is 1. The van der Waals surface area contributed by atoms with E-state index in [4.69, 9.17) is 4.74 Å². The Bertz CT molecular complexity index is 278. The summed E-state index contributed by atoms with van der Waals surface area (Å²) in [5, 5.41) is 3.61. The molecule has 104 valence electrons. The lowest BCUT2D eigenvalue weighted by Gasteiger charge is -2.28. The summed E-state index contributed by atoms with van der Waals surface area (Å²) in [6, 6.07) is 1.32. The molecule has 0 saturated carbocycles. The lowest BCUT2D eigenvalue weighted by molar-refractivity contribution is -0.150. The summed E-state index contributed by atoms with van der Waals surface area (Å²) >= 11 is 0. The molecule has 18 heavy (non-hydrogen) atoms. The molecule has 0 spiro atoms. The highest BCUT2D eigenvalue weighted by Crippen LogP contribution is 2.32. The molecule has 2 aliphatic heterocycles. The number of hydrogen-bond acceptors (Lipinski definition) is 3. The molecule has 3 unspecified atom stereocenters. The molecule has 3 atom stereocenters. The van der Waals surface area contributed by atoms with Crippen molar-refractivity contribution in [3.8, 4) is 0 Å². The van der Waals surface area contributed by atoms with E-state index in [1.807, 2.05) is 6.92 Å². The second kappa shape index (κ2) is 6.05. The fourth-order valence-electron chi connectivity index (χ4n) is 3.56. The van der Waals surface area contributed by atoms with Gasteiger partial charge >= 0.3 is 5.97 Å². The molecule has 2 rings (SSSR count). The van der Waals surface area contributed by atoms with Gasteiger partial charge in [-0.1, -0.05) is 13.8 Å². The van der Waals surface area contributed by atoms with E-state index in [1.165, 1.54) is 12.8 Å². The first-order chi connectivity index (χ1) is 8.52. The van der Waals surface area contributed by atoms with Gasteiger partial charge in [0.15, 0.2) is 0 Å². The number of piperidine rings is 1. The third-order valence-corrected chi connectivity index (χ3v) is 4.16. The Morgan fingerprint density at radius 2 is 1.83 bits per heavy atom. The van der Waals surface area contributed by atoms with Crippen molar-refractivity contribution in [3.63, 3.8) is 0 Å². The van der Waals surface area contributed by atoms with Gasteiger partial charge in [-0.05, 0) is 50.9 Å². The molecular weight excluding hydrogens is 226 g/mol. The molecule has 2 bridgehead atoms. The van der Waals surface area contributed by atoms with Crippen molar-refractivity contribution in [2.45, 2.75) is 77.5 Å². The maximum Gasteiger partial charge on any atom is 0.306 e. The van der Waals surface area contributed by atoms with E-state index < -0.39 is 0 Å². The minimum absolute atomic E-state index is 0.00875. The van der Waals surface area contributed by atoms with Crippen LogP contribution in [0, 0.1) is 11.8 Å². The molecule has 0 aromatic heterocycles. The zero-order chi connectivity index (χ0) is 13.1. The van der Waals surface area contributed by atoms with Crippen molar-refractivity contribution in [1.82, 2.24) is 5.32 Å². The maximum atomic E-state index is 11.9. The van der Waals surface area contributed by atoms with Gasteiger partial charge in [0.05, 0.1) is 6.10 Å². The first-order valence-electron chi connectivity index (χ1n) is 7.48. The van der Waals surface area contributed by atoms with Gasteiger partial charge in [-0.3, -0.25) is 4.79 Å². The SMILES string of the molecule is CC(C)CC(C)OC(=O)CC1CC2CCC(C1)N2. The number of esters is 1. The van der Waals surface area contributed by atoms with Gasteiger partial charge in [0.1, 0.15) is 0 Å². The predicted octanol–water partition coefficient (Wildman–Crippen LogP) is 2.88. The van der Waals surface area contributed by atoms with E-state index >= 15 is 0 Å². The van der Waals surface area contributed by atoms with Crippen molar-refractivity contribution in [1.29, 1.82) is 0 Å². The van der Waals surface area contributed by atoms with E-state index in [-0.39, 0.29) is 12.1 Å². The fraction of sp³-hybridized carbons (Fsp3) is 0.933. The molecule has 2 saturated heterocycles. The summed E-state index contributed by atoms with van der Waals surface area (Å²) in [5.41, 5.74) is 0. The largest absolute Gasteiger partial charge is 0.463 e. The van der Waals surface area contributed by atoms with Crippen LogP contribution in [0.5, 0.6) is 0 Å². The van der Waals surface area contributed by atoms with Gasteiger partial charge in [0.2, 0.25) is 0 Å². The van der Waals surface area contributed by atoms with Gasteiger partial charge in [0, 0.05) is 18.5 Å². The minimum Gasteiger partial charge on any atom is -0.463 e. The van der Waals surface area contributed by atoms with Crippen LogP contribution in [-0.4, -0.2) is 24.2 Å². The molecule has 2 aliphatic rings. The molecule has 0 amide bonds. The minimum atomic E-state index is 0.00875. The van der Waals surface area contributed by atoms with Crippen LogP contribution in [0.25, 0.3) is 0 Å². The first-order valence-corrected chi connectivity index (χ1v) is 7.48. The van der Waals surface area contributed by atoms with Gasteiger partial charge in [-0.25, -0.2) is 0 Å². The Balaban J connectivity index is 1.71. The molecule has 0 aliphatic carbocycles. The highest BCUT2D eigenvalue weighted by Gasteiger charge is 2.34. The van der Waals surface area contributed by atoms with E-state index in [0.717, 1.165) is 19.3 Å². The molecule has 0 aromatic rings. The summed E-state index contributed by atoms with van der Waals surface area (Å²) < 4.78 is 5.50. The van der Waals surface area contributed by atoms with Crippen LogP contribution < -0.4 is 5.32 Å². The van der Waals surface area contributed by atoms with Crippen LogP contribution in [0.3, 0.4) is 0 Å². The maximum absolute atomic E-state index is 11.9. The highest BCUT2D eigenvalue weighted by atomic mass is 16.5. The average Bonchev–Trinajstić information content (AvgIpc) is 2.56. The highest BCUT2D eigenvalue weighted by molar-refractivity contribution is 5.69. The number of ether oxygens (including phenoxy) is 1. The monoisotopic (exact) mass is 253 g/mol. The quantitative estimate of drug-likeness (QED) is 0.766. The second-order valence-electron chi connectivity index (χ2n) is 6.61. The summed E-state index contributed by atoms with van der Waals surface area (Å²) in [5.74, 6) is 1.14. The average molecular weight is 253 g/mol. The number of rotatable bonds is 5. The van der Waals surface area contributed by atoms with Crippen molar-refractivity contribution in [2.24, 2.45) is 11.8 Å². The Kier molecular flexibility index (Phi) is 4.66. The first kappa shape index (κ1) is 13.9. The topological polar surface area (TPSA) is 38.3 Å². The number of hydrogen-bond donors (Lipinski definition) is 1. The van der Waals surface area contributed by atoms with Gasteiger partial charge in [-0.2, -0.15) is 0 Å². The number of nitrogens with one attached hydrogen (secondary N) is 1. The third kappa shape index (κ3) is 3.98. The molecule has 0 aromatic carbocycles. The molecule has 2 fully saturated rings. The lowest BCUT2D eigenvalue weighted by Crippen LogP contribution is -2.38. The third-order valence-electron chi connectivity index (χ3n) is 4.16. The van der Waals surface area contributed by atoms with Crippen LogP contribution in [0.2, 0.25) is 0 Å². The summed E-state index contributed by atoms with van der Waals surface area (Å²) in [6.07, 6.45) is 6.55. The smallest absolute Gasteiger partial charge is 0.306 e. The van der Waals surface area contributed by atoms with Crippen LogP contribution in [-0.2, 0) is 9.53 Å². The van der Waals surface area contributed by atoms with Crippen molar-refractivity contribution in [2.75, 3.05) is 0 Å². The van der Waals surface area contributed by atoms with Crippen LogP contribution in [0.1, 0.15) is 59.3 Å². The normalized spacial score (nSPS) is 32.6. The van der Waals surface area contributed by atoms with Crippen molar-refractivity contribution < 1.29 is 9.53 Å². The van der Waals surface area contributed by atoms with Crippen molar-refractivity contribution >= 4 is 5.97 Å².